The second-order valence-corrected chi connectivity index (χ2v) is 16.8. The van der Waals surface area contributed by atoms with Crippen molar-refractivity contribution >= 4 is 64.4 Å². The average Bonchev–Trinajstić information content (AvgIpc) is 3.75. The number of hydrogen-bond acceptors (Lipinski definition) is 0. The smallest absolute Gasteiger partial charge is 0.0568 e. The third-order valence-corrected chi connectivity index (χ3v) is 14.9. The highest BCUT2D eigenvalue weighted by Gasteiger charge is 2.33. The van der Waals surface area contributed by atoms with Gasteiger partial charge in [-0.2, -0.15) is 0 Å². The highest BCUT2D eigenvalue weighted by atomic mass is 32.3. The highest BCUT2D eigenvalue weighted by molar-refractivity contribution is 8.34. The molecule has 0 aliphatic rings. The second-order valence-electron chi connectivity index (χ2n) is 13.7. The van der Waals surface area contributed by atoms with Crippen LogP contribution in [0.25, 0.3) is 65.8 Å². The maximum atomic E-state index is 2.49. The summed E-state index contributed by atoms with van der Waals surface area (Å²) in [6, 6.07) is 76.2. The molecule has 0 saturated heterocycles. The van der Waals surface area contributed by atoms with Crippen LogP contribution in [0.4, 0.5) is 0 Å². The van der Waals surface area contributed by atoms with Crippen LogP contribution in [-0.2, 0) is 0 Å². The number of para-hydroxylation sites is 2. The molecule has 2 heterocycles. The zero-order valence-electron chi connectivity index (χ0n) is 28.9. The van der Waals surface area contributed by atoms with Crippen molar-refractivity contribution < 1.29 is 0 Å². The predicted molar refractivity (Wildman–Crippen MR) is 224 cm³/mol. The summed E-state index contributed by atoms with van der Waals surface area (Å²) < 4.78 is 4.93. The van der Waals surface area contributed by atoms with E-state index in [0.29, 0.717) is 0 Å². The van der Waals surface area contributed by atoms with Crippen LogP contribution < -0.4 is 0 Å². The zero-order valence-corrected chi connectivity index (χ0v) is 29.7. The summed E-state index contributed by atoms with van der Waals surface area (Å²) in [5, 5.41) is 7.79. The van der Waals surface area contributed by atoms with E-state index in [1.54, 1.807) is 0 Å². The molecule has 0 bridgehead atoms. The van der Waals surface area contributed by atoms with Crippen molar-refractivity contribution in [1.29, 1.82) is 0 Å². The summed E-state index contributed by atoms with van der Waals surface area (Å²) in [6.45, 7) is 0. The van der Waals surface area contributed by atoms with Gasteiger partial charge in [-0.3, -0.25) is 0 Å². The zero-order chi connectivity index (χ0) is 34.9. The average molecular weight is 695 g/mol. The van der Waals surface area contributed by atoms with Gasteiger partial charge in [-0.1, -0.05) is 115 Å². The van der Waals surface area contributed by atoms with Crippen molar-refractivity contribution in [1.82, 2.24) is 9.13 Å². The highest BCUT2D eigenvalue weighted by Crippen LogP contribution is 2.73. The lowest BCUT2D eigenvalue weighted by molar-refractivity contribution is 1.15. The largest absolute Gasteiger partial charge is 0.309 e. The van der Waals surface area contributed by atoms with E-state index in [9.17, 15) is 0 Å². The molecule has 11 aromatic rings. The van der Waals surface area contributed by atoms with Crippen LogP contribution in [0.2, 0.25) is 0 Å². The fourth-order valence-electron chi connectivity index (χ4n) is 8.83. The molecule has 53 heavy (non-hydrogen) atoms. The quantitative estimate of drug-likeness (QED) is 0.153. The van der Waals surface area contributed by atoms with Gasteiger partial charge in [0.05, 0.1) is 22.1 Å². The van der Waals surface area contributed by atoms with Gasteiger partial charge in [0.15, 0.2) is 0 Å². The Balaban J connectivity index is 1.21. The maximum Gasteiger partial charge on any atom is 0.0568 e. The van der Waals surface area contributed by atoms with E-state index in [1.807, 2.05) is 0 Å². The van der Waals surface area contributed by atoms with Crippen LogP contribution in [0, 0.1) is 0 Å². The summed E-state index contributed by atoms with van der Waals surface area (Å²) in [7, 11) is -1.79. The molecule has 3 heteroatoms. The Morgan fingerprint density at radius 3 is 1.42 bits per heavy atom. The van der Waals surface area contributed by atoms with Gasteiger partial charge < -0.3 is 9.13 Å². The van der Waals surface area contributed by atoms with Crippen LogP contribution in [0.3, 0.4) is 0 Å². The number of rotatable bonds is 6. The van der Waals surface area contributed by atoms with E-state index in [0.717, 1.165) is 5.69 Å². The molecule has 9 aromatic carbocycles. The molecular weight excluding hydrogens is 661 g/mol. The molecule has 0 N–H and O–H groups in total. The molecule has 0 amide bonds. The van der Waals surface area contributed by atoms with Crippen LogP contribution >= 0.6 is 10.0 Å². The van der Waals surface area contributed by atoms with Gasteiger partial charge in [0.1, 0.15) is 0 Å². The molecule has 2 nitrogen and oxygen atoms in total. The lowest BCUT2D eigenvalue weighted by atomic mass is 9.98. The van der Waals surface area contributed by atoms with Gasteiger partial charge in [-0.05, 0) is 102 Å². The Morgan fingerprint density at radius 2 is 0.774 bits per heavy atom. The van der Waals surface area contributed by atoms with Crippen molar-refractivity contribution in [2.75, 3.05) is 0 Å². The maximum absolute atomic E-state index is 2.49. The number of hydrogen-bond donors (Lipinski definition) is 0. The molecule has 0 atom stereocenters. The summed E-state index contributed by atoms with van der Waals surface area (Å²) in [5.41, 5.74) is 7.21. The molecule has 0 unspecified atom stereocenters. The van der Waals surface area contributed by atoms with Crippen LogP contribution in [0.5, 0.6) is 0 Å². The minimum Gasteiger partial charge on any atom is -0.309 e. The van der Waals surface area contributed by atoms with E-state index < -0.39 is 10.0 Å². The fraction of sp³-hybridized carbons (Fsp3) is 0. The van der Waals surface area contributed by atoms with E-state index in [-0.39, 0.29) is 0 Å². The van der Waals surface area contributed by atoms with Crippen molar-refractivity contribution in [2.45, 2.75) is 19.6 Å². The van der Waals surface area contributed by atoms with Crippen molar-refractivity contribution in [3.63, 3.8) is 0 Å². The van der Waals surface area contributed by atoms with E-state index in [2.05, 4.69) is 215 Å². The van der Waals surface area contributed by atoms with Crippen molar-refractivity contribution in [3.8, 4) is 11.4 Å². The predicted octanol–water partition coefficient (Wildman–Crippen LogP) is 13.8. The van der Waals surface area contributed by atoms with Crippen LogP contribution in [0.1, 0.15) is 0 Å². The molecule has 0 spiro atoms. The number of fused-ring (bicyclic) bond motifs is 4. The molecule has 11 rings (SSSR count). The standard InChI is InChI=1S/C50H34N2S/c1-5-17-36(18-6-1)51-44-26-14-13-25-42(44)49-43-33-28-35-16-15-27-45-48(35)50(43)47(34-46(49)51)52(45)37-29-31-41(32-30-37)53(38-19-7-2-8-20-38,39-21-9-3-10-22-39)40-23-11-4-12-24-40/h1-34H. The molecule has 2 aromatic heterocycles. The van der Waals surface area contributed by atoms with Gasteiger partial charge in [0.25, 0.3) is 0 Å². The lowest BCUT2D eigenvalue weighted by Crippen LogP contribution is -2.05. The number of benzene rings is 9. The monoisotopic (exact) mass is 694 g/mol. The third kappa shape index (κ3) is 4.29. The lowest BCUT2D eigenvalue weighted by Gasteiger charge is -2.42. The molecule has 0 aliphatic carbocycles. The van der Waals surface area contributed by atoms with Crippen molar-refractivity contribution in [3.05, 3.63) is 206 Å². The van der Waals surface area contributed by atoms with Crippen molar-refractivity contribution in [2.24, 2.45) is 0 Å². The normalized spacial score (nSPS) is 12.5. The van der Waals surface area contributed by atoms with E-state index in [4.69, 9.17) is 0 Å². The van der Waals surface area contributed by atoms with Gasteiger partial charge in [0, 0.05) is 52.5 Å². The summed E-state index contributed by atoms with van der Waals surface area (Å²) in [4.78, 5) is 5.28. The fourth-order valence-corrected chi connectivity index (χ4v) is 12.7. The number of nitrogens with zero attached hydrogens (tertiary/aromatic N) is 2. The molecular formula is C50H34N2S. The number of aromatic nitrogens is 2. The first-order chi connectivity index (χ1) is 26.3. The summed E-state index contributed by atoms with van der Waals surface area (Å²) in [5.74, 6) is 0. The molecule has 0 saturated carbocycles. The minimum absolute atomic E-state index is 1.16. The molecule has 0 fully saturated rings. The molecule has 0 aliphatic heterocycles. The summed E-state index contributed by atoms with van der Waals surface area (Å²) in [6.07, 6.45) is 0. The third-order valence-electron chi connectivity index (χ3n) is 11.0. The first-order valence-electron chi connectivity index (χ1n) is 18.2. The molecule has 0 radical (unpaired) electrons. The van der Waals surface area contributed by atoms with Crippen LogP contribution in [-0.4, -0.2) is 9.13 Å². The SMILES string of the molecule is c1ccc(-n2c3ccccc3c3c4ccc5cccc6c5c4c(cc32)n6-c2ccc(S(c3ccccc3)(c3ccccc3)c3ccccc3)cc2)cc1. The van der Waals surface area contributed by atoms with Gasteiger partial charge in [-0.15, -0.1) is 10.0 Å². The minimum atomic E-state index is -1.79. The Morgan fingerprint density at radius 1 is 0.283 bits per heavy atom. The van der Waals surface area contributed by atoms with Gasteiger partial charge >= 0.3 is 0 Å². The Labute approximate surface area is 309 Å². The first-order valence-corrected chi connectivity index (χ1v) is 19.8. The van der Waals surface area contributed by atoms with Gasteiger partial charge in [0.2, 0.25) is 0 Å². The Kier molecular flexibility index (Phi) is 6.67. The topological polar surface area (TPSA) is 9.86 Å². The van der Waals surface area contributed by atoms with Gasteiger partial charge in [-0.25, -0.2) is 0 Å². The summed E-state index contributed by atoms with van der Waals surface area (Å²) >= 11 is 0. The Hall–Kier alpha value is -6.55. The molecule has 250 valence electrons. The second kappa shape index (κ2) is 11.7. The Bertz CT molecular complexity index is 2980. The first kappa shape index (κ1) is 30.1. The van der Waals surface area contributed by atoms with E-state index in [1.165, 1.54) is 79.7 Å². The van der Waals surface area contributed by atoms with Crippen LogP contribution in [0.15, 0.2) is 226 Å². The van der Waals surface area contributed by atoms with E-state index >= 15 is 0 Å².